The van der Waals surface area contributed by atoms with Crippen molar-refractivity contribution in [2.75, 3.05) is 26.9 Å². The molecule has 1 atom stereocenters. The van der Waals surface area contributed by atoms with Crippen LogP contribution in [-0.4, -0.2) is 54.0 Å². The van der Waals surface area contributed by atoms with E-state index in [1.165, 1.54) is 11.5 Å². The standard InChI is InChI=1S/C26H36N4O5/c1-8-27-23(28-18(3)31)14-19-17(2)30(24(32)35-25(4,5)6)15-20(19)21-10-9-11-22(29-21)26(33-7)12-13-34-16-26/h9-11,14-15,27H,8,12-13,16H2,1-7H3,(H,28,31)/b23-14+. The van der Waals surface area contributed by atoms with Gasteiger partial charge < -0.3 is 24.8 Å². The Morgan fingerprint density at radius 3 is 2.63 bits per heavy atom. The number of hydrogen-bond acceptors (Lipinski definition) is 7. The SMILES string of the molecule is CCN/C(=C\c1c(-c2cccc(C3(OC)CCOC3)n2)cn(C(=O)OC(C)(C)C)c1C)NC(C)=O. The molecule has 3 heterocycles. The third-order valence-corrected chi connectivity index (χ3v) is 5.72. The first-order valence-electron chi connectivity index (χ1n) is 11.8. The minimum absolute atomic E-state index is 0.202. The van der Waals surface area contributed by atoms with Crippen molar-refractivity contribution in [2.45, 2.75) is 59.2 Å². The highest BCUT2D eigenvalue weighted by molar-refractivity contribution is 5.83. The molecule has 0 saturated carbocycles. The Labute approximate surface area is 206 Å². The number of amides is 1. The van der Waals surface area contributed by atoms with Crippen molar-refractivity contribution in [3.05, 3.63) is 47.2 Å². The second-order valence-electron chi connectivity index (χ2n) is 9.57. The molecule has 2 aromatic rings. The molecule has 0 aliphatic carbocycles. The van der Waals surface area contributed by atoms with E-state index in [0.717, 1.165) is 16.8 Å². The lowest BCUT2D eigenvalue weighted by molar-refractivity contribution is -0.118. The molecule has 9 heteroatoms. The molecule has 0 bridgehead atoms. The minimum Gasteiger partial charge on any atom is -0.443 e. The average Bonchev–Trinajstić information content (AvgIpc) is 3.39. The van der Waals surface area contributed by atoms with Crippen LogP contribution >= 0.6 is 0 Å². The highest BCUT2D eigenvalue weighted by Crippen LogP contribution is 2.35. The van der Waals surface area contributed by atoms with Gasteiger partial charge in [0, 0.05) is 56.6 Å². The largest absolute Gasteiger partial charge is 0.443 e. The number of carbonyl (C=O) groups excluding carboxylic acids is 2. The number of carbonyl (C=O) groups is 2. The molecule has 3 rings (SSSR count). The molecule has 2 aromatic heterocycles. The molecule has 35 heavy (non-hydrogen) atoms. The summed E-state index contributed by atoms with van der Waals surface area (Å²) >= 11 is 0. The van der Waals surface area contributed by atoms with E-state index in [1.807, 2.05) is 58.9 Å². The smallest absolute Gasteiger partial charge is 0.418 e. The van der Waals surface area contributed by atoms with Crippen LogP contribution in [0.5, 0.6) is 0 Å². The van der Waals surface area contributed by atoms with Crippen molar-refractivity contribution in [3.63, 3.8) is 0 Å². The molecule has 0 spiro atoms. The zero-order valence-corrected chi connectivity index (χ0v) is 21.7. The topological polar surface area (TPSA) is 104 Å². The van der Waals surface area contributed by atoms with Gasteiger partial charge in [-0.15, -0.1) is 0 Å². The summed E-state index contributed by atoms with van der Waals surface area (Å²) in [5, 5.41) is 5.98. The number of rotatable bonds is 7. The maximum atomic E-state index is 13.0. The summed E-state index contributed by atoms with van der Waals surface area (Å²) in [6.45, 7) is 12.3. The summed E-state index contributed by atoms with van der Waals surface area (Å²) in [5.74, 6) is 0.325. The van der Waals surface area contributed by atoms with Gasteiger partial charge in [-0.2, -0.15) is 0 Å². The van der Waals surface area contributed by atoms with Gasteiger partial charge >= 0.3 is 6.09 Å². The fourth-order valence-corrected chi connectivity index (χ4v) is 4.02. The van der Waals surface area contributed by atoms with Crippen LogP contribution in [0.1, 0.15) is 58.0 Å². The van der Waals surface area contributed by atoms with Crippen molar-refractivity contribution in [2.24, 2.45) is 0 Å². The van der Waals surface area contributed by atoms with Gasteiger partial charge in [-0.05, 0) is 52.8 Å². The van der Waals surface area contributed by atoms with Crippen LogP contribution in [0, 0.1) is 6.92 Å². The van der Waals surface area contributed by atoms with Crippen LogP contribution in [0.2, 0.25) is 0 Å². The van der Waals surface area contributed by atoms with Crippen LogP contribution in [0.3, 0.4) is 0 Å². The normalized spacial score (nSPS) is 18.4. The summed E-state index contributed by atoms with van der Waals surface area (Å²) < 4.78 is 18.5. The summed E-state index contributed by atoms with van der Waals surface area (Å²) in [6.07, 6.45) is 3.76. The van der Waals surface area contributed by atoms with Crippen LogP contribution in [0.4, 0.5) is 4.79 Å². The Kier molecular flexibility index (Phi) is 8.02. The van der Waals surface area contributed by atoms with E-state index in [4.69, 9.17) is 19.2 Å². The van der Waals surface area contributed by atoms with E-state index in [-0.39, 0.29) is 5.91 Å². The lowest BCUT2D eigenvalue weighted by Crippen LogP contribution is -2.30. The maximum Gasteiger partial charge on any atom is 0.418 e. The Balaban J connectivity index is 2.17. The summed E-state index contributed by atoms with van der Waals surface area (Å²) in [6, 6.07) is 5.74. The Morgan fingerprint density at radius 1 is 1.31 bits per heavy atom. The molecule has 1 unspecified atom stereocenters. The maximum absolute atomic E-state index is 13.0. The molecule has 2 N–H and O–H groups in total. The predicted molar refractivity (Wildman–Crippen MR) is 134 cm³/mol. The third kappa shape index (κ3) is 6.10. The Bertz CT molecular complexity index is 1110. The number of aromatic nitrogens is 2. The molecular weight excluding hydrogens is 448 g/mol. The van der Waals surface area contributed by atoms with Gasteiger partial charge in [-0.3, -0.25) is 9.36 Å². The zero-order valence-electron chi connectivity index (χ0n) is 21.7. The van der Waals surface area contributed by atoms with Gasteiger partial charge in [0.1, 0.15) is 17.0 Å². The van der Waals surface area contributed by atoms with Crippen molar-refractivity contribution >= 4 is 18.1 Å². The Hall–Kier alpha value is -3.17. The van der Waals surface area contributed by atoms with Gasteiger partial charge in [0.05, 0.1) is 18.0 Å². The molecule has 0 radical (unpaired) electrons. The van der Waals surface area contributed by atoms with Gasteiger partial charge in [0.25, 0.3) is 0 Å². The number of nitrogens with zero attached hydrogens (tertiary/aromatic N) is 2. The molecule has 190 valence electrons. The molecule has 1 amide bonds. The fraction of sp³-hybridized carbons (Fsp3) is 0.500. The number of hydrogen-bond donors (Lipinski definition) is 2. The second-order valence-corrected chi connectivity index (χ2v) is 9.57. The van der Waals surface area contributed by atoms with Crippen molar-refractivity contribution in [3.8, 4) is 11.3 Å². The lowest BCUT2D eigenvalue weighted by Gasteiger charge is -2.25. The number of ether oxygens (including phenoxy) is 3. The van der Waals surface area contributed by atoms with Crippen molar-refractivity contribution in [1.82, 2.24) is 20.2 Å². The highest BCUT2D eigenvalue weighted by Gasteiger charge is 2.38. The van der Waals surface area contributed by atoms with Gasteiger partial charge in [-0.25, -0.2) is 9.78 Å². The molecule has 9 nitrogen and oxygen atoms in total. The molecule has 0 aromatic carbocycles. The molecular formula is C26H36N4O5. The number of pyridine rings is 1. The van der Waals surface area contributed by atoms with Gasteiger partial charge in [-0.1, -0.05) is 6.07 Å². The second kappa shape index (κ2) is 10.6. The highest BCUT2D eigenvalue weighted by atomic mass is 16.6. The van der Waals surface area contributed by atoms with Crippen molar-refractivity contribution in [1.29, 1.82) is 0 Å². The van der Waals surface area contributed by atoms with Gasteiger partial charge in [0.15, 0.2) is 0 Å². The average molecular weight is 485 g/mol. The van der Waals surface area contributed by atoms with E-state index < -0.39 is 17.3 Å². The van der Waals surface area contributed by atoms with E-state index in [9.17, 15) is 9.59 Å². The number of methoxy groups -OCH3 is 1. The Morgan fingerprint density at radius 2 is 2.06 bits per heavy atom. The molecule has 1 fully saturated rings. The predicted octanol–water partition coefficient (Wildman–Crippen LogP) is 3.95. The first kappa shape index (κ1) is 26.4. The fourth-order valence-electron chi connectivity index (χ4n) is 4.02. The lowest BCUT2D eigenvalue weighted by atomic mass is 9.97. The minimum atomic E-state index is -0.652. The molecule has 1 saturated heterocycles. The monoisotopic (exact) mass is 484 g/mol. The van der Waals surface area contributed by atoms with Gasteiger partial charge in [0.2, 0.25) is 5.91 Å². The van der Waals surface area contributed by atoms with E-state index in [1.54, 1.807) is 13.3 Å². The summed E-state index contributed by atoms with van der Waals surface area (Å²) in [4.78, 5) is 29.7. The molecule has 1 aliphatic rings. The quantitative estimate of drug-likeness (QED) is 0.613. The van der Waals surface area contributed by atoms with Crippen LogP contribution < -0.4 is 10.6 Å². The number of nitrogens with one attached hydrogen (secondary N) is 2. The first-order chi connectivity index (χ1) is 16.5. The van der Waals surface area contributed by atoms with Crippen LogP contribution in [-0.2, 0) is 24.6 Å². The van der Waals surface area contributed by atoms with E-state index in [0.29, 0.717) is 43.4 Å². The summed E-state index contributed by atoms with van der Waals surface area (Å²) in [7, 11) is 1.66. The third-order valence-electron chi connectivity index (χ3n) is 5.72. The molecule has 1 aliphatic heterocycles. The first-order valence-corrected chi connectivity index (χ1v) is 11.8. The van der Waals surface area contributed by atoms with E-state index in [2.05, 4.69) is 10.6 Å². The van der Waals surface area contributed by atoms with Crippen molar-refractivity contribution < 1.29 is 23.8 Å². The summed E-state index contributed by atoms with van der Waals surface area (Å²) in [5.41, 5.74) is 2.29. The zero-order chi connectivity index (χ0) is 25.8. The van der Waals surface area contributed by atoms with Crippen LogP contribution in [0.25, 0.3) is 17.3 Å². The van der Waals surface area contributed by atoms with E-state index >= 15 is 0 Å². The van der Waals surface area contributed by atoms with Crippen LogP contribution in [0.15, 0.2) is 30.2 Å².